The van der Waals surface area contributed by atoms with E-state index in [0.29, 0.717) is 12.6 Å². The van der Waals surface area contributed by atoms with Gasteiger partial charge in [-0.05, 0) is 31.9 Å². The Balaban J connectivity index is 1.33. The van der Waals surface area contributed by atoms with E-state index in [9.17, 15) is 0 Å². The summed E-state index contributed by atoms with van der Waals surface area (Å²) in [6.45, 7) is 5.49. The van der Waals surface area contributed by atoms with Gasteiger partial charge in [-0.2, -0.15) is 5.10 Å². The molecule has 0 unspecified atom stereocenters. The third-order valence-electron chi connectivity index (χ3n) is 4.78. The number of hydrogen-bond acceptors (Lipinski definition) is 7. The van der Waals surface area contributed by atoms with Crippen LogP contribution in [0.25, 0.3) is 10.2 Å². The number of ether oxygens (including phenoxy) is 1. The van der Waals surface area contributed by atoms with Crippen molar-refractivity contribution in [1.82, 2.24) is 25.5 Å². The van der Waals surface area contributed by atoms with Crippen molar-refractivity contribution in [2.24, 2.45) is 0 Å². The molecular formula is C18H24N6OS. The van der Waals surface area contributed by atoms with E-state index in [1.165, 1.54) is 10.3 Å². The van der Waals surface area contributed by atoms with Crippen LogP contribution in [0.5, 0.6) is 0 Å². The largest absolute Gasteiger partial charge is 0.378 e. The minimum Gasteiger partial charge on any atom is -0.378 e. The van der Waals surface area contributed by atoms with Gasteiger partial charge in [0, 0.05) is 37.7 Å². The summed E-state index contributed by atoms with van der Waals surface area (Å²) in [5, 5.41) is 12.1. The molecule has 0 amide bonds. The number of piperidine rings is 1. The van der Waals surface area contributed by atoms with Crippen LogP contribution in [0.4, 0.5) is 5.82 Å². The molecule has 3 aromatic heterocycles. The first-order valence-electron chi connectivity index (χ1n) is 8.94. The first-order chi connectivity index (χ1) is 12.7. The first kappa shape index (κ1) is 17.4. The molecule has 1 fully saturated rings. The highest BCUT2D eigenvalue weighted by atomic mass is 32.1. The maximum absolute atomic E-state index is 5.11. The number of thiophene rings is 1. The molecule has 1 aliphatic rings. The Morgan fingerprint density at radius 2 is 2.15 bits per heavy atom. The number of rotatable bonds is 6. The lowest BCUT2D eigenvalue weighted by Crippen LogP contribution is -2.42. The molecule has 8 heteroatoms. The molecule has 0 radical (unpaired) electrons. The molecule has 1 aliphatic heterocycles. The van der Waals surface area contributed by atoms with Crippen LogP contribution < -0.4 is 10.2 Å². The zero-order chi connectivity index (χ0) is 17.9. The van der Waals surface area contributed by atoms with Crippen LogP contribution in [0.2, 0.25) is 0 Å². The lowest BCUT2D eigenvalue weighted by Gasteiger charge is -2.33. The molecule has 4 heterocycles. The number of fused-ring (bicyclic) bond motifs is 1. The monoisotopic (exact) mass is 372 g/mol. The highest BCUT2D eigenvalue weighted by molar-refractivity contribution is 7.18. The van der Waals surface area contributed by atoms with E-state index in [4.69, 9.17) is 4.74 Å². The van der Waals surface area contributed by atoms with E-state index < -0.39 is 0 Å². The Bertz CT molecular complexity index is 868. The Kier molecular flexibility index (Phi) is 5.14. The number of aromatic nitrogens is 4. The van der Waals surface area contributed by atoms with Gasteiger partial charge < -0.3 is 15.0 Å². The van der Waals surface area contributed by atoms with Gasteiger partial charge in [-0.25, -0.2) is 9.97 Å². The quantitative estimate of drug-likeness (QED) is 0.692. The molecule has 3 aromatic rings. The summed E-state index contributed by atoms with van der Waals surface area (Å²) < 4.78 is 5.11. The van der Waals surface area contributed by atoms with Gasteiger partial charge in [-0.15, -0.1) is 11.3 Å². The Morgan fingerprint density at radius 3 is 2.96 bits per heavy atom. The molecule has 1 saturated heterocycles. The summed E-state index contributed by atoms with van der Waals surface area (Å²) in [5.74, 6) is 1.08. The summed E-state index contributed by atoms with van der Waals surface area (Å²) in [5.41, 5.74) is 2.05. The Hall–Kier alpha value is -2.03. The molecule has 2 N–H and O–H groups in total. The Morgan fingerprint density at radius 1 is 1.31 bits per heavy atom. The van der Waals surface area contributed by atoms with Gasteiger partial charge >= 0.3 is 0 Å². The fourth-order valence-corrected chi connectivity index (χ4v) is 4.33. The first-order valence-corrected chi connectivity index (χ1v) is 9.76. The molecule has 26 heavy (non-hydrogen) atoms. The standard InChI is InChI=1S/C18H24N6OS/c1-12-7-16-17(20-11-21-18(16)26-12)24-5-3-13(4-6-24)19-9-14-8-15(10-25-2)23-22-14/h7-8,11,13,19H,3-6,9-10H2,1-2H3,(H,22,23). The van der Waals surface area contributed by atoms with Crippen LogP contribution in [0.15, 0.2) is 18.5 Å². The van der Waals surface area contributed by atoms with Gasteiger partial charge in [-0.3, -0.25) is 5.10 Å². The maximum atomic E-state index is 5.11. The second-order valence-corrected chi connectivity index (χ2v) is 7.97. The molecule has 0 aromatic carbocycles. The van der Waals surface area contributed by atoms with Crippen molar-refractivity contribution in [3.63, 3.8) is 0 Å². The topological polar surface area (TPSA) is 79.0 Å². The molecular weight excluding hydrogens is 348 g/mol. The second kappa shape index (κ2) is 7.69. The predicted molar refractivity (Wildman–Crippen MR) is 104 cm³/mol. The minimum atomic E-state index is 0.510. The van der Waals surface area contributed by atoms with Crippen molar-refractivity contribution in [2.75, 3.05) is 25.1 Å². The average Bonchev–Trinajstić information content (AvgIpc) is 3.26. The average molecular weight is 372 g/mol. The maximum Gasteiger partial charge on any atom is 0.140 e. The summed E-state index contributed by atoms with van der Waals surface area (Å²) in [6.07, 6.45) is 3.89. The molecule has 7 nitrogen and oxygen atoms in total. The van der Waals surface area contributed by atoms with Crippen LogP contribution >= 0.6 is 11.3 Å². The van der Waals surface area contributed by atoms with E-state index in [1.54, 1.807) is 24.8 Å². The molecule has 0 spiro atoms. The molecule has 0 bridgehead atoms. The molecule has 0 atom stereocenters. The van der Waals surface area contributed by atoms with E-state index in [-0.39, 0.29) is 0 Å². The number of nitrogens with zero attached hydrogens (tertiary/aromatic N) is 4. The van der Waals surface area contributed by atoms with Gasteiger partial charge in [0.2, 0.25) is 0 Å². The lowest BCUT2D eigenvalue weighted by molar-refractivity contribution is 0.181. The normalized spacial score (nSPS) is 15.8. The van der Waals surface area contributed by atoms with Crippen molar-refractivity contribution in [3.8, 4) is 0 Å². The minimum absolute atomic E-state index is 0.510. The fraction of sp³-hybridized carbons (Fsp3) is 0.500. The van der Waals surface area contributed by atoms with Crippen LogP contribution in [-0.2, 0) is 17.9 Å². The SMILES string of the molecule is COCc1cc(CNC2CCN(c3ncnc4sc(C)cc34)CC2)n[nH]1. The number of aromatic amines is 1. The second-order valence-electron chi connectivity index (χ2n) is 6.73. The summed E-state index contributed by atoms with van der Waals surface area (Å²) >= 11 is 1.73. The van der Waals surface area contributed by atoms with Crippen molar-refractivity contribution in [1.29, 1.82) is 0 Å². The predicted octanol–water partition coefficient (Wildman–Crippen LogP) is 2.63. The van der Waals surface area contributed by atoms with Gasteiger partial charge in [0.05, 0.1) is 23.4 Å². The van der Waals surface area contributed by atoms with Gasteiger partial charge in [0.1, 0.15) is 17.0 Å². The fourth-order valence-electron chi connectivity index (χ4n) is 3.49. The number of H-pyrrole nitrogens is 1. The van der Waals surface area contributed by atoms with Gasteiger partial charge in [-0.1, -0.05) is 0 Å². The highest BCUT2D eigenvalue weighted by Gasteiger charge is 2.22. The van der Waals surface area contributed by atoms with Crippen molar-refractivity contribution in [3.05, 3.63) is 34.7 Å². The van der Waals surface area contributed by atoms with Crippen molar-refractivity contribution in [2.45, 2.75) is 39.0 Å². The number of aryl methyl sites for hydroxylation is 1. The molecule has 138 valence electrons. The third-order valence-corrected chi connectivity index (χ3v) is 5.74. The van der Waals surface area contributed by atoms with Crippen LogP contribution in [0.3, 0.4) is 0 Å². The number of methoxy groups -OCH3 is 1. The van der Waals surface area contributed by atoms with E-state index in [1.807, 2.05) is 0 Å². The van der Waals surface area contributed by atoms with Gasteiger partial charge in [0.15, 0.2) is 0 Å². The molecule has 0 aliphatic carbocycles. The molecule has 0 saturated carbocycles. The highest BCUT2D eigenvalue weighted by Crippen LogP contribution is 2.31. The zero-order valence-electron chi connectivity index (χ0n) is 15.2. The van der Waals surface area contributed by atoms with Crippen LogP contribution in [0.1, 0.15) is 29.1 Å². The molecule has 4 rings (SSSR count). The van der Waals surface area contributed by atoms with Crippen LogP contribution in [0, 0.1) is 6.92 Å². The third kappa shape index (κ3) is 3.72. The lowest BCUT2D eigenvalue weighted by atomic mass is 10.0. The van der Waals surface area contributed by atoms with E-state index in [0.717, 1.165) is 54.5 Å². The summed E-state index contributed by atoms with van der Waals surface area (Å²) in [7, 11) is 1.69. The zero-order valence-corrected chi connectivity index (χ0v) is 16.0. The van der Waals surface area contributed by atoms with E-state index in [2.05, 4.69) is 49.4 Å². The van der Waals surface area contributed by atoms with Gasteiger partial charge in [0.25, 0.3) is 0 Å². The van der Waals surface area contributed by atoms with E-state index >= 15 is 0 Å². The summed E-state index contributed by atoms with van der Waals surface area (Å²) in [4.78, 5) is 13.7. The Labute approximate surface area is 156 Å². The number of nitrogens with one attached hydrogen (secondary N) is 2. The smallest absolute Gasteiger partial charge is 0.140 e. The number of hydrogen-bond donors (Lipinski definition) is 2. The van der Waals surface area contributed by atoms with Crippen molar-refractivity contribution >= 4 is 27.4 Å². The van der Waals surface area contributed by atoms with Crippen LogP contribution in [-0.4, -0.2) is 46.4 Å². The van der Waals surface area contributed by atoms with Crippen molar-refractivity contribution < 1.29 is 4.74 Å². The summed E-state index contributed by atoms with van der Waals surface area (Å²) in [6, 6.07) is 4.77. The number of anilines is 1.